The summed E-state index contributed by atoms with van der Waals surface area (Å²) in [7, 11) is 1.70. The number of rotatable bonds is 6. The third kappa shape index (κ3) is 6.18. The zero-order valence-electron chi connectivity index (χ0n) is 9.97. The second kappa shape index (κ2) is 6.92. The molecule has 0 amide bonds. The first kappa shape index (κ1) is 15.2. The lowest BCUT2D eigenvalue weighted by atomic mass is 10.3. The molecule has 0 aliphatic carbocycles. The van der Waals surface area contributed by atoms with Gasteiger partial charge in [-0.1, -0.05) is 11.6 Å². The lowest BCUT2D eigenvalue weighted by molar-refractivity contribution is -0.147. The van der Waals surface area contributed by atoms with Gasteiger partial charge in [-0.25, -0.2) is 0 Å². The van der Waals surface area contributed by atoms with Crippen LogP contribution in [0.15, 0.2) is 18.3 Å². The smallest absolute Gasteiger partial charge is 0.318 e. The normalized spacial score (nSPS) is 12.1. The number of hydrogen-bond acceptors (Lipinski definition) is 3. The highest BCUT2D eigenvalue weighted by atomic mass is 35.5. The van der Waals surface area contributed by atoms with E-state index >= 15 is 0 Å². The average Bonchev–Trinajstić information content (AvgIpc) is 2.27. The molecule has 0 atom stereocenters. The van der Waals surface area contributed by atoms with Gasteiger partial charge in [-0.2, -0.15) is 13.2 Å². The van der Waals surface area contributed by atoms with Crippen LogP contribution in [0.25, 0.3) is 0 Å². The Labute approximate surface area is 109 Å². The molecule has 0 aromatic carbocycles. The fourth-order valence-electron chi connectivity index (χ4n) is 1.47. The van der Waals surface area contributed by atoms with Crippen LogP contribution in [-0.2, 0) is 6.54 Å². The molecular formula is C11H15ClF3N3. The lowest BCUT2D eigenvalue weighted by Gasteiger charge is -2.23. The molecule has 3 nitrogen and oxygen atoms in total. The minimum Gasteiger partial charge on any atom is -0.318 e. The van der Waals surface area contributed by atoms with Crippen molar-refractivity contribution in [2.45, 2.75) is 12.7 Å². The summed E-state index contributed by atoms with van der Waals surface area (Å²) in [6, 6.07) is 3.25. The Morgan fingerprint density at radius 2 is 2.11 bits per heavy atom. The van der Waals surface area contributed by atoms with E-state index in [1.807, 2.05) is 0 Å². The molecule has 0 fully saturated rings. The summed E-state index contributed by atoms with van der Waals surface area (Å²) < 4.78 is 37.2. The lowest BCUT2D eigenvalue weighted by Crippen LogP contribution is -2.37. The minimum atomic E-state index is -4.21. The van der Waals surface area contributed by atoms with Crippen LogP contribution in [0, 0.1) is 0 Å². The summed E-state index contributed by atoms with van der Waals surface area (Å²) in [4.78, 5) is 5.29. The predicted molar refractivity (Wildman–Crippen MR) is 64.5 cm³/mol. The fraction of sp³-hybridized carbons (Fsp3) is 0.545. The van der Waals surface area contributed by atoms with Crippen molar-refractivity contribution in [2.75, 3.05) is 26.7 Å². The highest BCUT2D eigenvalue weighted by molar-refractivity contribution is 6.30. The van der Waals surface area contributed by atoms with Gasteiger partial charge in [0.05, 0.1) is 17.3 Å². The number of pyridine rings is 1. The van der Waals surface area contributed by atoms with E-state index < -0.39 is 12.7 Å². The van der Waals surface area contributed by atoms with Gasteiger partial charge in [-0.05, 0) is 19.2 Å². The Balaban J connectivity index is 2.62. The van der Waals surface area contributed by atoms with Gasteiger partial charge < -0.3 is 5.32 Å². The van der Waals surface area contributed by atoms with Crippen molar-refractivity contribution < 1.29 is 13.2 Å². The Bertz CT molecular complexity index is 354. The van der Waals surface area contributed by atoms with Gasteiger partial charge >= 0.3 is 6.18 Å². The van der Waals surface area contributed by atoms with Crippen LogP contribution in [0.1, 0.15) is 5.69 Å². The van der Waals surface area contributed by atoms with Gasteiger partial charge in [-0.15, -0.1) is 0 Å². The summed E-state index contributed by atoms with van der Waals surface area (Å²) in [5.41, 5.74) is 0.569. The maximum Gasteiger partial charge on any atom is 0.401 e. The number of likely N-dealkylation sites (N-methyl/N-ethyl adjacent to an activating group) is 1. The van der Waals surface area contributed by atoms with Crippen molar-refractivity contribution in [3.63, 3.8) is 0 Å². The van der Waals surface area contributed by atoms with Crippen molar-refractivity contribution in [2.24, 2.45) is 0 Å². The first-order chi connectivity index (χ1) is 8.40. The number of alkyl halides is 3. The van der Waals surface area contributed by atoms with Gasteiger partial charge in [0.2, 0.25) is 0 Å². The summed E-state index contributed by atoms with van der Waals surface area (Å²) in [6.07, 6.45) is -2.78. The summed E-state index contributed by atoms with van der Waals surface area (Å²) in [5.74, 6) is 0. The highest BCUT2D eigenvalue weighted by Crippen LogP contribution is 2.17. The van der Waals surface area contributed by atoms with Crippen molar-refractivity contribution in [3.05, 3.63) is 29.0 Å². The zero-order valence-corrected chi connectivity index (χ0v) is 10.7. The molecule has 0 spiro atoms. The standard InChI is InChI=1S/C11H15ClF3N3/c1-16-4-5-18(8-11(13,14)15)7-10-3-2-9(12)6-17-10/h2-3,6,16H,4-5,7-8H2,1H3. The first-order valence-corrected chi connectivity index (χ1v) is 5.82. The van der Waals surface area contributed by atoms with E-state index in [4.69, 9.17) is 11.6 Å². The van der Waals surface area contributed by atoms with Crippen LogP contribution >= 0.6 is 11.6 Å². The molecule has 7 heteroatoms. The van der Waals surface area contributed by atoms with Gasteiger partial charge in [0.25, 0.3) is 0 Å². The van der Waals surface area contributed by atoms with E-state index in [-0.39, 0.29) is 6.54 Å². The molecule has 0 saturated heterocycles. The van der Waals surface area contributed by atoms with Crippen molar-refractivity contribution >= 4 is 11.6 Å². The molecule has 1 rings (SSSR count). The van der Waals surface area contributed by atoms with E-state index in [9.17, 15) is 13.2 Å². The van der Waals surface area contributed by atoms with Crippen molar-refractivity contribution in [3.8, 4) is 0 Å². The minimum absolute atomic E-state index is 0.151. The second-order valence-electron chi connectivity index (χ2n) is 3.90. The Morgan fingerprint density at radius 3 is 2.61 bits per heavy atom. The number of halogens is 4. The Kier molecular flexibility index (Phi) is 5.84. The molecule has 18 heavy (non-hydrogen) atoms. The third-order valence-corrected chi connectivity index (χ3v) is 2.48. The van der Waals surface area contributed by atoms with E-state index in [0.717, 1.165) is 0 Å². The van der Waals surface area contributed by atoms with E-state index in [1.54, 1.807) is 19.2 Å². The Morgan fingerprint density at radius 1 is 1.39 bits per heavy atom. The molecule has 0 radical (unpaired) electrons. The van der Waals surface area contributed by atoms with Crippen molar-refractivity contribution in [1.29, 1.82) is 0 Å². The molecule has 1 heterocycles. The van der Waals surface area contributed by atoms with Gasteiger partial charge in [0.1, 0.15) is 0 Å². The average molecular weight is 282 g/mol. The van der Waals surface area contributed by atoms with Gasteiger partial charge in [-0.3, -0.25) is 9.88 Å². The second-order valence-corrected chi connectivity index (χ2v) is 4.33. The summed E-state index contributed by atoms with van der Waals surface area (Å²) in [6.45, 7) is 0.00132. The van der Waals surface area contributed by atoms with Gasteiger partial charge in [0, 0.05) is 25.8 Å². The molecular weight excluding hydrogens is 267 g/mol. The highest BCUT2D eigenvalue weighted by Gasteiger charge is 2.30. The molecule has 1 N–H and O–H groups in total. The maximum atomic E-state index is 12.4. The largest absolute Gasteiger partial charge is 0.401 e. The van der Waals surface area contributed by atoms with Crippen LogP contribution in [0.4, 0.5) is 13.2 Å². The zero-order chi connectivity index (χ0) is 13.6. The first-order valence-electron chi connectivity index (χ1n) is 5.45. The van der Waals surface area contributed by atoms with Crippen LogP contribution in [-0.4, -0.2) is 42.7 Å². The predicted octanol–water partition coefficient (Wildman–Crippen LogP) is 2.32. The van der Waals surface area contributed by atoms with Crippen molar-refractivity contribution in [1.82, 2.24) is 15.2 Å². The summed E-state index contributed by atoms with van der Waals surface area (Å²) in [5, 5.41) is 3.30. The van der Waals surface area contributed by atoms with Crippen LogP contribution in [0.2, 0.25) is 5.02 Å². The molecule has 102 valence electrons. The molecule has 1 aromatic heterocycles. The van der Waals surface area contributed by atoms with E-state index in [0.29, 0.717) is 23.8 Å². The SMILES string of the molecule is CNCCN(Cc1ccc(Cl)cn1)CC(F)(F)F. The topological polar surface area (TPSA) is 28.2 Å². The molecule has 0 aliphatic heterocycles. The Hall–Kier alpha value is -0.850. The maximum absolute atomic E-state index is 12.4. The molecule has 0 aliphatic rings. The number of nitrogens with zero attached hydrogens (tertiary/aromatic N) is 2. The third-order valence-electron chi connectivity index (χ3n) is 2.26. The number of hydrogen-bond donors (Lipinski definition) is 1. The molecule has 1 aromatic rings. The molecule has 0 unspecified atom stereocenters. The summed E-state index contributed by atoms with van der Waals surface area (Å²) >= 11 is 5.67. The van der Waals surface area contributed by atoms with Crippen LogP contribution in [0.3, 0.4) is 0 Å². The van der Waals surface area contributed by atoms with E-state index in [1.165, 1.54) is 11.1 Å². The van der Waals surface area contributed by atoms with Gasteiger partial charge in [0.15, 0.2) is 0 Å². The molecule has 0 bridgehead atoms. The monoisotopic (exact) mass is 281 g/mol. The van der Waals surface area contributed by atoms with Crippen LogP contribution in [0.5, 0.6) is 0 Å². The van der Waals surface area contributed by atoms with Crippen LogP contribution < -0.4 is 5.32 Å². The fourth-order valence-corrected chi connectivity index (χ4v) is 1.58. The number of aromatic nitrogens is 1. The molecule has 0 saturated carbocycles. The quantitative estimate of drug-likeness (QED) is 0.867. The number of nitrogens with one attached hydrogen (secondary N) is 1. The van der Waals surface area contributed by atoms with E-state index in [2.05, 4.69) is 10.3 Å².